The second-order valence-electron chi connectivity index (χ2n) is 5.57. The van der Waals surface area contributed by atoms with E-state index in [2.05, 4.69) is 60.7 Å². The standard InChI is InChI=1S/C20H26/c1-2-4-7-13-19(14-8-5-3-1)17-11-12-18-20-15-9-6-10-16-20/h6,9-13,15-18H,1-5,7-8,14H2/b17-11+,18-12+,19-13+. The van der Waals surface area contributed by atoms with E-state index < -0.39 is 0 Å². The summed E-state index contributed by atoms with van der Waals surface area (Å²) in [7, 11) is 0. The number of hydrogen-bond acceptors (Lipinski definition) is 0. The van der Waals surface area contributed by atoms with Crippen molar-refractivity contribution in [1.82, 2.24) is 0 Å². The fourth-order valence-electron chi connectivity index (χ4n) is 2.63. The second-order valence-corrected chi connectivity index (χ2v) is 5.57. The summed E-state index contributed by atoms with van der Waals surface area (Å²) in [6, 6.07) is 10.5. The minimum Gasteiger partial charge on any atom is -0.0813 e. The van der Waals surface area contributed by atoms with Crippen LogP contribution in [0.15, 0.2) is 60.2 Å². The molecule has 1 aliphatic rings. The highest BCUT2D eigenvalue weighted by Gasteiger charge is 1.97. The molecule has 0 saturated carbocycles. The summed E-state index contributed by atoms with van der Waals surface area (Å²) in [5.41, 5.74) is 2.78. The fourth-order valence-corrected chi connectivity index (χ4v) is 2.63. The fraction of sp³-hybridized carbons (Fsp3) is 0.400. The Labute approximate surface area is 123 Å². The lowest BCUT2D eigenvalue weighted by atomic mass is 10.00. The molecule has 0 N–H and O–H groups in total. The van der Waals surface area contributed by atoms with Crippen molar-refractivity contribution >= 4 is 6.08 Å². The van der Waals surface area contributed by atoms with E-state index in [1.54, 1.807) is 0 Å². The van der Waals surface area contributed by atoms with Gasteiger partial charge >= 0.3 is 0 Å². The Morgan fingerprint density at radius 2 is 1.40 bits per heavy atom. The Balaban J connectivity index is 1.87. The molecule has 0 aliphatic heterocycles. The van der Waals surface area contributed by atoms with E-state index in [1.807, 2.05) is 0 Å². The third-order valence-corrected chi connectivity index (χ3v) is 3.84. The molecule has 0 spiro atoms. The van der Waals surface area contributed by atoms with Crippen LogP contribution in [0.1, 0.15) is 56.9 Å². The van der Waals surface area contributed by atoms with Gasteiger partial charge in [0.25, 0.3) is 0 Å². The molecule has 0 heterocycles. The van der Waals surface area contributed by atoms with Crippen LogP contribution in [0.25, 0.3) is 6.08 Å². The summed E-state index contributed by atoms with van der Waals surface area (Å²) >= 11 is 0. The molecule has 1 aromatic rings. The number of allylic oxidation sites excluding steroid dienone is 5. The molecule has 0 heteroatoms. The first-order valence-corrected chi connectivity index (χ1v) is 8.04. The number of rotatable bonds is 3. The molecule has 0 bridgehead atoms. The molecule has 20 heavy (non-hydrogen) atoms. The molecule has 0 aromatic heterocycles. The van der Waals surface area contributed by atoms with Gasteiger partial charge in [0.1, 0.15) is 0 Å². The van der Waals surface area contributed by atoms with Gasteiger partial charge in [-0.3, -0.25) is 0 Å². The summed E-state index contributed by atoms with van der Waals surface area (Å²) in [6.07, 6.45) is 22.1. The topological polar surface area (TPSA) is 0 Å². The van der Waals surface area contributed by atoms with Crippen molar-refractivity contribution in [3.8, 4) is 0 Å². The van der Waals surface area contributed by atoms with E-state index in [1.165, 1.54) is 62.5 Å². The smallest absolute Gasteiger partial charge is 0.0257 e. The van der Waals surface area contributed by atoms with Crippen LogP contribution >= 0.6 is 0 Å². The maximum absolute atomic E-state index is 2.44. The van der Waals surface area contributed by atoms with Gasteiger partial charge in [0, 0.05) is 0 Å². The van der Waals surface area contributed by atoms with Gasteiger partial charge in [0.15, 0.2) is 0 Å². The van der Waals surface area contributed by atoms with E-state index in [-0.39, 0.29) is 0 Å². The van der Waals surface area contributed by atoms with Crippen LogP contribution in [0.2, 0.25) is 0 Å². The van der Waals surface area contributed by atoms with Gasteiger partial charge in [-0.25, -0.2) is 0 Å². The van der Waals surface area contributed by atoms with Crippen LogP contribution in [0.4, 0.5) is 0 Å². The second kappa shape index (κ2) is 9.36. The zero-order valence-corrected chi connectivity index (χ0v) is 12.4. The SMILES string of the molecule is C(/C=C/c1ccccc1)=C\C1=C\CCCCCCCC1. The molecule has 0 nitrogen and oxygen atoms in total. The van der Waals surface area contributed by atoms with Crippen molar-refractivity contribution in [2.75, 3.05) is 0 Å². The van der Waals surface area contributed by atoms with Gasteiger partial charge in [-0.05, 0) is 31.2 Å². The quantitative estimate of drug-likeness (QED) is 0.562. The summed E-state index contributed by atoms with van der Waals surface area (Å²) in [5.74, 6) is 0. The van der Waals surface area contributed by atoms with Crippen molar-refractivity contribution in [2.24, 2.45) is 0 Å². The van der Waals surface area contributed by atoms with E-state index in [9.17, 15) is 0 Å². The highest BCUT2D eigenvalue weighted by molar-refractivity contribution is 5.51. The van der Waals surface area contributed by atoms with Crippen molar-refractivity contribution in [3.05, 3.63) is 65.8 Å². The van der Waals surface area contributed by atoms with Gasteiger partial charge in [0.05, 0.1) is 0 Å². The van der Waals surface area contributed by atoms with Crippen LogP contribution in [0, 0.1) is 0 Å². The first kappa shape index (κ1) is 14.8. The van der Waals surface area contributed by atoms with Crippen molar-refractivity contribution in [3.63, 3.8) is 0 Å². The molecule has 0 saturated heterocycles. The van der Waals surface area contributed by atoms with E-state index >= 15 is 0 Å². The summed E-state index contributed by atoms with van der Waals surface area (Å²) in [4.78, 5) is 0. The molecule has 0 amide bonds. The molecule has 106 valence electrons. The largest absolute Gasteiger partial charge is 0.0813 e. The minimum absolute atomic E-state index is 1.25. The Bertz CT molecular complexity index is 448. The third kappa shape index (κ3) is 6.06. The molecule has 0 fully saturated rings. The predicted molar refractivity (Wildman–Crippen MR) is 89.6 cm³/mol. The Hall–Kier alpha value is -1.56. The molecule has 0 unspecified atom stereocenters. The maximum atomic E-state index is 2.44. The molecule has 0 atom stereocenters. The summed E-state index contributed by atoms with van der Waals surface area (Å²) in [6.45, 7) is 0. The lowest BCUT2D eigenvalue weighted by Gasteiger charge is -2.06. The monoisotopic (exact) mass is 266 g/mol. The van der Waals surface area contributed by atoms with Crippen molar-refractivity contribution in [1.29, 1.82) is 0 Å². The normalized spacial score (nSPS) is 20.9. The minimum atomic E-state index is 1.25. The Morgan fingerprint density at radius 1 is 0.700 bits per heavy atom. The van der Waals surface area contributed by atoms with E-state index in [0.29, 0.717) is 0 Å². The molecular weight excluding hydrogens is 240 g/mol. The lowest BCUT2D eigenvalue weighted by molar-refractivity contribution is 0.588. The van der Waals surface area contributed by atoms with Gasteiger partial charge in [-0.15, -0.1) is 0 Å². The average molecular weight is 266 g/mol. The van der Waals surface area contributed by atoms with Crippen LogP contribution in [0.3, 0.4) is 0 Å². The first-order valence-electron chi connectivity index (χ1n) is 8.04. The molecule has 0 radical (unpaired) electrons. The van der Waals surface area contributed by atoms with Crippen LogP contribution in [0.5, 0.6) is 0 Å². The summed E-state index contributed by atoms with van der Waals surface area (Å²) < 4.78 is 0. The highest BCUT2D eigenvalue weighted by Crippen LogP contribution is 2.17. The Morgan fingerprint density at radius 3 is 2.25 bits per heavy atom. The molecule has 1 aliphatic carbocycles. The average Bonchev–Trinajstić information content (AvgIpc) is 2.51. The maximum Gasteiger partial charge on any atom is -0.0257 e. The van der Waals surface area contributed by atoms with Crippen molar-refractivity contribution < 1.29 is 0 Å². The zero-order chi connectivity index (χ0) is 13.9. The number of benzene rings is 1. The predicted octanol–water partition coefficient (Wildman–Crippen LogP) is 6.32. The highest BCUT2D eigenvalue weighted by atomic mass is 14.0. The molecule has 1 aromatic carbocycles. The van der Waals surface area contributed by atoms with Gasteiger partial charge < -0.3 is 0 Å². The van der Waals surface area contributed by atoms with Gasteiger partial charge in [-0.1, -0.05) is 92.0 Å². The van der Waals surface area contributed by atoms with Crippen molar-refractivity contribution in [2.45, 2.75) is 51.4 Å². The third-order valence-electron chi connectivity index (χ3n) is 3.84. The first-order chi connectivity index (χ1) is 9.95. The zero-order valence-electron chi connectivity index (χ0n) is 12.4. The van der Waals surface area contributed by atoms with E-state index in [0.717, 1.165) is 0 Å². The van der Waals surface area contributed by atoms with Crippen LogP contribution in [-0.2, 0) is 0 Å². The van der Waals surface area contributed by atoms with Crippen LogP contribution < -0.4 is 0 Å². The summed E-state index contributed by atoms with van der Waals surface area (Å²) in [5, 5.41) is 0. The van der Waals surface area contributed by atoms with Gasteiger partial charge in [-0.2, -0.15) is 0 Å². The van der Waals surface area contributed by atoms with E-state index in [4.69, 9.17) is 0 Å². The molecule has 2 rings (SSSR count). The Kier molecular flexibility index (Phi) is 6.95. The lowest BCUT2D eigenvalue weighted by Crippen LogP contribution is -1.87. The van der Waals surface area contributed by atoms with Crippen LogP contribution in [-0.4, -0.2) is 0 Å². The van der Waals surface area contributed by atoms with Gasteiger partial charge in [0.2, 0.25) is 0 Å². The number of hydrogen-bond donors (Lipinski definition) is 0. The molecular formula is C20H26.